The Hall–Kier alpha value is -0.990. The van der Waals surface area contributed by atoms with E-state index in [4.69, 9.17) is 0 Å². The molecule has 54 valence electrons. The summed E-state index contributed by atoms with van der Waals surface area (Å²) < 4.78 is 36.8. The molecule has 0 heterocycles. The van der Waals surface area contributed by atoms with E-state index in [-0.39, 0.29) is 5.56 Å². The lowest BCUT2D eigenvalue weighted by molar-refractivity contribution is 0.489. The van der Waals surface area contributed by atoms with E-state index < -0.39 is 17.5 Å². The lowest BCUT2D eigenvalue weighted by Crippen LogP contribution is -1.89. The molecule has 0 aliphatic carbocycles. The van der Waals surface area contributed by atoms with Crippen LogP contribution in [0.15, 0.2) is 12.1 Å². The molecule has 0 aliphatic rings. The first kappa shape index (κ1) is 7.12. The number of hydrogen-bond donors (Lipinski definition) is 0. The van der Waals surface area contributed by atoms with Gasteiger partial charge in [0.25, 0.3) is 0 Å². The molecule has 0 saturated heterocycles. The van der Waals surface area contributed by atoms with Gasteiger partial charge in [-0.3, -0.25) is 0 Å². The van der Waals surface area contributed by atoms with E-state index >= 15 is 0 Å². The van der Waals surface area contributed by atoms with Gasteiger partial charge in [0.05, 0.1) is 0 Å². The number of benzene rings is 1. The van der Waals surface area contributed by atoms with Crippen molar-refractivity contribution in [3.05, 3.63) is 35.1 Å². The fourth-order valence-corrected chi connectivity index (χ4v) is 0.685. The third-order valence-electron chi connectivity index (χ3n) is 1.17. The molecule has 0 fully saturated rings. The molecule has 10 heavy (non-hydrogen) atoms. The van der Waals surface area contributed by atoms with Gasteiger partial charge in [-0.2, -0.15) is 0 Å². The van der Waals surface area contributed by atoms with Crippen molar-refractivity contribution in [2.45, 2.75) is 6.92 Å². The maximum atomic E-state index is 12.4. The van der Waals surface area contributed by atoms with Gasteiger partial charge >= 0.3 is 0 Å². The van der Waals surface area contributed by atoms with Crippen molar-refractivity contribution in [3.63, 3.8) is 0 Å². The van der Waals surface area contributed by atoms with Gasteiger partial charge in [-0.05, 0) is 18.6 Å². The third-order valence-corrected chi connectivity index (χ3v) is 1.17. The molecule has 0 spiro atoms. The fraction of sp³-hybridized carbons (Fsp3) is 0.143. The zero-order valence-corrected chi connectivity index (χ0v) is 5.29. The van der Waals surface area contributed by atoms with Gasteiger partial charge in [0.15, 0.2) is 11.6 Å². The fourth-order valence-electron chi connectivity index (χ4n) is 0.685. The van der Waals surface area contributed by atoms with E-state index in [1.807, 2.05) is 0 Å². The van der Waals surface area contributed by atoms with Crippen LogP contribution in [-0.4, -0.2) is 0 Å². The van der Waals surface area contributed by atoms with E-state index in [2.05, 4.69) is 0 Å². The largest absolute Gasteiger partial charge is 0.207 e. The first-order valence-electron chi connectivity index (χ1n) is 2.72. The highest BCUT2D eigenvalue weighted by molar-refractivity contribution is 5.18. The summed E-state index contributed by atoms with van der Waals surface area (Å²) in [7, 11) is 0. The van der Waals surface area contributed by atoms with Gasteiger partial charge in [0, 0.05) is 6.07 Å². The molecule has 0 unspecified atom stereocenters. The predicted molar refractivity (Wildman–Crippen MR) is 31.1 cm³/mol. The van der Waals surface area contributed by atoms with E-state index in [0.717, 1.165) is 6.07 Å². The molecule has 0 bridgehead atoms. The Morgan fingerprint density at radius 2 is 1.70 bits per heavy atom. The summed E-state index contributed by atoms with van der Waals surface area (Å²) >= 11 is 0. The topological polar surface area (TPSA) is 0 Å². The zero-order chi connectivity index (χ0) is 7.72. The molecule has 0 nitrogen and oxygen atoms in total. The van der Waals surface area contributed by atoms with Crippen molar-refractivity contribution < 1.29 is 13.2 Å². The van der Waals surface area contributed by atoms with Crippen LogP contribution in [0.5, 0.6) is 0 Å². The van der Waals surface area contributed by atoms with Crippen LogP contribution in [0.2, 0.25) is 0 Å². The first-order valence-corrected chi connectivity index (χ1v) is 2.72. The van der Waals surface area contributed by atoms with Gasteiger partial charge in [-0.1, -0.05) is 0 Å². The van der Waals surface area contributed by atoms with Crippen LogP contribution in [-0.2, 0) is 0 Å². The van der Waals surface area contributed by atoms with Crippen LogP contribution < -0.4 is 0 Å². The minimum atomic E-state index is -1.14. The lowest BCUT2D eigenvalue weighted by Gasteiger charge is -1.96. The second kappa shape index (κ2) is 2.33. The Morgan fingerprint density at radius 1 is 1.10 bits per heavy atom. The summed E-state index contributed by atoms with van der Waals surface area (Å²) in [5, 5.41) is 0. The van der Waals surface area contributed by atoms with E-state index in [0.29, 0.717) is 6.07 Å². The van der Waals surface area contributed by atoms with Crippen LogP contribution in [0.3, 0.4) is 0 Å². The summed E-state index contributed by atoms with van der Waals surface area (Å²) in [6.07, 6.45) is 0. The molecule has 0 aromatic heterocycles. The van der Waals surface area contributed by atoms with Gasteiger partial charge in [0.2, 0.25) is 0 Å². The Bertz CT molecular complexity index is 232. The maximum absolute atomic E-state index is 12.4. The molecule has 0 N–H and O–H groups in total. The van der Waals surface area contributed by atoms with Crippen molar-refractivity contribution in [2.24, 2.45) is 0 Å². The van der Waals surface area contributed by atoms with Gasteiger partial charge in [0.1, 0.15) is 5.82 Å². The predicted octanol–water partition coefficient (Wildman–Crippen LogP) is 2.41. The van der Waals surface area contributed by atoms with Gasteiger partial charge in [-0.25, -0.2) is 13.2 Å². The summed E-state index contributed by atoms with van der Waals surface area (Å²) in [6, 6.07) is 1.46. The summed E-state index contributed by atoms with van der Waals surface area (Å²) in [5.41, 5.74) is -0.0162. The van der Waals surface area contributed by atoms with Crippen LogP contribution in [0.1, 0.15) is 5.56 Å². The highest BCUT2D eigenvalue weighted by Crippen LogP contribution is 2.12. The first-order chi connectivity index (χ1) is 4.61. The minimum absolute atomic E-state index is 0.0162. The average Bonchev–Trinajstić information content (AvgIpc) is 1.82. The van der Waals surface area contributed by atoms with Crippen LogP contribution >= 0.6 is 0 Å². The molecular weight excluding hydrogens is 141 g/mol. The van der Waals surface area contributed by atoms with Crippen LogP contribution in [0, 0.1) is 24.4 Å². The molecule has 0 aliphatic heterocycles. The number of aryl methyl sites for hydroxylation is 1. The molecule has 1 aromatic carbocycles. The number of hydrogen-bond acceptors (Lipinski definition) is 0. The van der Waals surface area contributed by atoms with E-state index in [9.17, 15) is 13.2 Å². The molecule has 0 amide bonds. The summed E-state index contributed by atoms with van der Waals surface area (Å²) in [5.74, 6) is -2.88. The Labute approximate surface area is 56.3 Å². The zero-order valence-electron chi connectivity index (χ0n) is 5.29. The lowest BCUT2D eigenvalue weighted by atomic mass is 10.2. The van der Waals surface area contributed by atoms with E-state index in [1.165, 1.54) is 6.92 Å². The van der Waals surface area contributed by atoms with Crippen LogP contribution in [0.25, 0.3) is 0 Å². The SMILES string of the molecule is Cc1cc(F)cc(F)c1F. The van der Waals surface area contributed by atoms with Crippen molar-refractivity contribution in [2.75, 3.05) is 0 Å². The Morgan fingerprint density at radius 3 is 2.20 bits per heavy atom. The third kappa shape index (κ3) is 1.12. The monoisotopic (exact) mass is 146 g/mol. The Kier molecular flexibility index (Phi) is 1.66. The van der Waals surface area contributed by atoms with Crippen molar-refractivity contribution in [1.82, 2.24) is 0 Å². The highest BCUT2D eigenvalue weighted by Gasteiger charge is 2.05. The normalized spacial score (nSPS) is 10.0. The molecule has 3 heteroatoms. The average molecular weight is 146 g/mol. The number of rotatable bonds is 0. The summed E-state index contributed by atoms with van der Waals surface area (Å²) in [6.45, 7) is 1.31. The van der Waals surface area contributed by atoms with Gasteiger partial charge < -0.3 is 0 Å². The highest BCUT2D eigenvalue weighted by atomic mass is 19.2. The second-order valence-electron chi connectivity index (χ2n) is 2.02. The van der Waals surface area contributed by atoms with Crippen LogP contribution in [0.4, 0.5) is 13.2 Å². The standard InChI is InChI=1S/C7H5F3/c1-4-2-5(8)3-6(9)7(4)10/h2-3H,1H3. The molecule has 0 radical (unpaired) electrons. The van der Waals surface area contributed by atoms with Crippen molar-refractivity contribution in [3.8, 4) is 0 Å². The molecule has 0 saturated carbocycles. The summed E-state index contributed by atoms with van der Waals surface area (Å²) in [4.78, 5) is 0. The quantitative estimate of drug-likeness (QED) is 0.493. The van der Waals surface area contributed by atoms with Crippen molar-refractivity contribution in [1.29, 1.82) is 0 Å². The van der Waals surface area contributed by atoms with E-state index in [1.54, 1.807) is 0 Å². The molecule has 1 rings (SSSR count). The van der Waals surface area contributed by atoms with Gasteiger partial charge in [-0.15, -0.1) is 0 Å². The smallest absolute Gasteiger partial charge is 0.162 e. The molecule has 0 atom stereocenters. The van der Waals surface area contributed by atoms with Crippen molar-refractivity contribution >= 4 is 0 Å². The molecule has 1 aromatic rings. The second-order valence-corrected chi connectivity index (χ2v) is 2.02. The number of halogens is 3. The maximum Gasteiger partial charge on any atom is 0.162 e. The molecular formula is C7H5F3. The minimum Gasteiger partial charge on any atom is -0.207 e. The Balaban J connectivity index is 3.31.